The van der Waals surface area contributed by atoms with Crippen LogP contribution in [0.3, 0.4) is 0 Å². The summed E-state index contributed by atoms with van der Waals surface area (Å²) in [5, 5.41) is 0. The van der Waals surface area contributed by atoms with Crippen molar-refractivity contribution in [2.75, 3.05) is 26.3 Å². The Morgan fingerprint density at radius 3 is 2.61 bits per heavy atom. The molecule has 0 aromatic heterocycles. The monoisotopic (exact) mass is 257 g/mol. The highest BCUT2D eigenvalue weighted by Gasteiger charge is 2.34. The number of hydrogen-bond acceptors (Lipinski definition) is 4. The van der Waals surface area contributed by atoms with E-state index in [1.54, 1.807) is 0 Å². The number of nitrogens with zero attached hydrogens (tertiary/aromatic N) is 1. The lowest BCUT2D eigenvalue weighted by atomic mass is 9.95. The summed E-state index contributed by atoms with van der Waals surface area (Å²) in [7, 11) is 0. The molecule has 2 atom stereocenters. The molecule has 2 unspecified atom stereocenters. The van der Waals surface area contributed by atoms with Crippen molar-refractivity contribution in [3.63, 3.8) is 0 Å². The van der Waals surface area contributed by atoms with Crippen LogP contribution in [0, 0.1) is 11.8 Å². The van der Waals surface area contributed by atoms with Crippen molar-refractivity contribution >= 4 is 11.8 Å². The maximum Gasteiger partial charge on any atom is 0.242 e. The lowest BCUT2D eigenvalue weighted by Crippen LogP contribution is -2.56. The number of carbonyl (C=O) groups excluding carboxylic acids is 2. The molecule has 2 amide bonds. The van der Waals surface area contributed by atoms with Gasteiger partial charge in [0.15, 0.2) is 0 Å². The normalized spacial score (nSPS) is 22.0. The number of nitrogens with two attached hydrogens (primary N) is 2. The number of morpholine rings is 1. The fourth-order valence-electron chi connectivity index (χ4n) is 2.20. The van der Waals surface area contributed by atoms with E-state index in [-0.39, 0.29) is 18.4 Å². The summed E-state index contributed by atoms with van der Waals surface area (Å²) in [6, 6.07) is -0.660. The fraction of sp³-hybridized carbons (Fsp3) is 0.833. The Balaban J connectivity index is 2.75. The van der Waals surface area contributed by atoms with Crippen LogP contribution < -0.4 is 11.5 Å². The van der Waals surface area contributed by atoms with Gasteiger partial charge in [-0.1, -0.05) is 13.8 Å². The number of primary amides is 1. The second-order valence-electron chi connectivity index (χ2n) is 5.09. The largest absolute Gasteiger partial charge is 0.377 e. The van der Waals surface area contributed by atoms with Crippen LogP contribution in [0.5, 0.6) is 0 Å². The van der Waals surface area contributed by atoms with E-state index < -0.39 is 11.9 Å². The van der Waals surface area contributed by atoms with Crippen molar-refractivity contribution in [3.8, 4) is 0 Å². The second kappa shape index (κ2) is 6.70. The second-order valence-corrected chi connectivity index (χ2v) is 5.09. The van der Waals surface area contributed by atoms with Gasteiger partial charge < -0.3 is 21.1 Å². The number of ether oxygens (including phenoxy) is 1. The first kappa shape index (κ1) is 14.9. The molecule has 0 saturated carbocycles. The van der Waals surface area contributed by atoms with E-state index in [0.717, 1.165) is 6.42 Å². The zero-order valence-corrected chi connectivity index (χ0v) is 11.1. The molecule has 0 aliphatic carbocycles. The highest BCUT2D eigenvalue weighted by Crippen LogP contribution is 2.17. The minimum absolute atomic E-state index is 0.0849. The van der Waals surface area contributed by atoms with Crippen molar-refractivity contribution in [1.29, 1.82) is 0 Å². The Kier molecular flexibility index (Phi) is 5.55. The Bertz CT molecular complexity index is 307. The summed E-state index contributed by atoms with van der Waals surface area (Å²) in [5.41, 5.74) is 10.9. The van der Waals surface area contributed by atoms with Gasteiger partial charge in [-0.2, -0.15) is 0 Å². The average molecular weight is 257 g/mol. The van der Waals surface area contributed by atoms with Gasteiger partial charge in [-0.25, -0.2) is 0 Å². The van der Waals surface area contributed by atoms with Crippen LogP contribution in [0.15, 0.2) is 0 Å². The molecule has 104 valence electrons. The molecule has 1 rings (SSSR count). The van der Waals surface area contributed by atoms with Gasteiger partial charge in [0.1, 0.15) is 6.04 Å². The van der Waals surface area contributed by atoms with Crippen LogP contribution in [0.2, 0.25) is 0 Å². The van der Waals surface area contributed by atoms with Gasteiger partial charge in [0.25, 0.3) is 0 Å². The highest BCUT2D eigenvalue weighted by atomic mass is 16.5. The third-order valence-electron chi connectivity index (χ3n) is 3.13. The number of rotatable bonds is 5. The average Bonchev–Trinajstić information content (AvgIpc) is 2.34. The topological polar surface area (TPSA) is 98.7 Å². The van der Waals surface area contributed by atoms with Crippen LogP contribution in [-0.4, -0.2) is 49.1 Å². The quantitative estimate of drug-likeness (QED) is 0.681. The standard InChI is InChI=1S/C12H23N3O3/c1-8(2)5-9(6-13)12(17)15-3-4-18-7-10(15)11(14)16/h8-10H,3-7,13H2,1-2H3,(H2,14,16). The first-order valence-corrected chi connectivity index (χ1v) is 6.35. The summed E-state index contributed by atoms with van der Waals surface area (Å²) in [6.45, 7) is 5.40. The lowest BCUT2D eigenvalue weighted by molar-refractivity contribution is -0.150. The van der Waals surface area contributed by atoms with Crippen LogP contribution in [-0.2, 0) is 14.3 Å². The number of carbonyl (C=O) groups is 2. The Morgan fingerprint density at radius 2 is 2.11 bits per heavy atom. The van der Waals surface area contributed by atoms with E-state index in [9.17, 15) is 9.59 Å². The molecule has 0 spiro atoms. The Labute approximate surface area is 108 Å². The number of amides is 2. The third kappa shape index (κ3) is 3.68. The SMILES string of the molecule is CC(C)CC(CN)C(=O)N1CCOCC1C(N)=O. The van der Waals surface area contributed by atoms with Gasteiger partial charge in [-0.3, -0.25) is 9.59 Å². The summed E-state index contributed by atoms with van der Waals surface area (Å²) in [6.07, 6.45) is 0.720. The molecule has 6 heteroatoms. The maximum atomic E-state index is 12.4. The number of hydrogen-bond donors (Lipinski definition) is 2. The van der Waals surface area contributed by atoms with Gasteiger partial charge in [0.2, 0.25) is 11.8 Å². The minimum Gasteiger partial charge on any atom is -0.377 e. The lowest BCUT2D eigenvalue weighted by Gasteiger charge is -2.36. The van der Waals surface area contributed by atoms with Crippen LogP contribution >= 0.6 is 0 Å². The van der Waals surface area contributed by atoms with Crippen molar-refractivity contribution in [1.82, 2.24) is 4.90 Å². The van der Waals surface area contributed by atoms with Crippen LogP contribution in [0.1, 0.15) is 20.3 Å². The molecular weight excluding hydrogens is 234 g/mol. The molecular formula is C12H23N3O3. The van der Waals surface area contributed by atoms with Gasteiger partial charge in [0, 0.05) is 13.1 Å². The van der Waals surface area contributed by atoms with Crippen molar-refractivity contribution in [3.05, 3.63) is 0 Å². The third-order valence-corrected chi connectivity index (χ3v) is 3.13. The summed E-state index contributed by atoms with van der Waals surface area (Å²) < 4.78 is 5.19. The van der Waals surface area contributed by atoms with E-state index in [0.29, 0.717) is 25.6 Å². The van der Waals surface area contributed by atoms with E-state index in [2.05, 4.69) is 0 Å². The summed E-state index contributed by atoms with van der Waals surface area (Å²) >= 11 is 0. The Hall–Kier alpha value is -1.14. The predicted molar refractivity (Wildman–Crippen MR) is 67.5 cm³/mol. The Morgan fingerprint density at radius 1 is 1.44 bits per heavy atom. The summed E-state index contributed by atoms with van der Waals surface area (Å²) in [5.74, 6) is -0.470. The van der Waals surface area contributed by atoms with E-state index in [1.807, 2.05) is 13.8 Å². The smallest absolute Gasteiger partial charge is 0.242 e. The zero-order valence-electron chi connectivity index (χ0n) is 11.1. The van der Waals surface area contributed by atoms with E-state index in [4.69, 9.17) is 16.2 Å². The first-order chi connectivity index (χ1) is 8.47. The molecule has 0 radical (unpaired) electrons. The minimum atomic E-state index is -0.660. The molecule has 1 fully saturated rings. The van der Waals surface area contributed by atoms with Gasteiger partial charge in [-0.15, -0.1) is 0 Å². The molecule has 1 saturated heterocycles. The molecule has 1 aliphatic rings. The molecule has 1 heterocycles. The first-order valence-electron chi connectivity index (χ1n) is 6.35. The van der Waals surface area contributed by atoms with Crippen LogP contribution in [0.25, 0.3) is 0 Å². The van der Waals surface area contributed by atoms with Gasteiger partial charge in [0.05, 0.1) is 19.1 Å². The van der Waals surface area contributed by atoms with E-state index in [1.165, 1.54) is 4.90 Å². The molecule has 0 aromatic carbocycles. The zero-order chi connectivity index (χ0) is 13.7. The van der Waals surface area contributed by atoms with Gasteiger partial charge in [-0.05, 0) is 12.3 Å². The van der Waals surface area contributed by atoms with Crippen molar-refractivity contribution in [2.45, 2.75) is 26.3 Å². The van der Waals surface area contributed by atoms with E-state index >= 15 is 0 Å². The van der Waals surface area contributed by atoms with Crippen molar-refractivity contribution < 1.29 is 14.3 Å². The molecule has 6 nitrogen and oxygen atoms in total. The van der Waals surface area contributed by atoms with Gasteiger partial charge >= 0.3 is 0 Å². The summed E-state index contributed by atoms with van der Waals surface area (Å²) in [4.78, 5) is 25.2. The fourth-order valence-corrected chi connectivity index (χ4v) is 2.20. The highest BCUT2D eigenvalue weighted by molar-refractivity contribution is 5.88. The molecule has 0 aromatic rings. The maximum absolute atomic E-state index is 12.4. The molecule has 4 N–H and O–H groups in total. The molecule has 1 aliphatic heterocycles. The predicted octanol–water partition coefficient (Wildman–Crippen LogP) is -0.680. The molecule has 0 bridgehead atoms. The van der Waals surface area contributed by atoms with Crippen molar-refractivity contribution in [2.24, 2.45) is 23.3 Å². The van der Waals surface area contributed by atoms with Crippen LogP contribution in [0.4, 0.5) is 0 Å². The molecule has 18 heavy (non-hydrogen) atoms.